The number of amides is 1. The number of aromatic nitrogens is 1. The summed E-state index contributed by atoms with van der Waals surface area (Å²) >= 11 is 6.69. The number of carbonyl (C=O) groups excluding carboxylic acids is 1. The standard InChI is InChI=1S/C23H33ClN4O2/c24-20-14-18(26-10-1-2-11-26)15-25-21(20)27-12-3-8-23(16-27)9-13-28(22(23)30)17-4-6-19(29)7-5-17/h14-15,17,19,29H,1-13,16H2/t17-,19-,23?. The molecule has 5 rings (SSSR count). The minimum absolute atomic E-state index is 0.185. The molecule has 3 saturated heterocycles. The second-order valence-corrected chi connectivity index (χ2v) is 10.1. The minimum Gasteiger partial charge on any atom is -0.393 e. The molecule has 4 heterocycles. The highest BCUT2D eigenvalue weighted by Crippen LogP contribution is 2.44. The highest BCUT2D eigenvalue weighted by molar-refractivity contribution is 6.33. The quantitative estimate of drug-likeness (QED) is 0.792. The molecule has 7 heteroatoms. The van der Waals surface area contributed by atoms with Crippen LogP contribution in [0.4, 0.5) is 11.5 Å². The predicted molar refractivity (Wildman–Crippen MR) is 119 cm³/mol. The van der Waals surface area contributed by atoms with Crippen LogP contribution in [0.2, 0.25) is 5.02 Å². The van der Waals surface area contributed by atoms with Gasteiger partial charge < -0.3 is 19.8 Å². The third kappa shape index (κ3) is 3.66. The summed E-state index contributed by atoms with van der Waals surface area (Å²) in [4.78, 5) is 25.0. The predicted octanol–water partition coefficient (Wildman–Crippen LogP) is 3.46. The lowest BCUT2D eigenvalue weighted by Gasteiger charge is -2.41. The van der Waals surface area contributed by atoms with Crippen LogP contribution in [0.3, 0.4) is 0 Å². The highest BCUT2D eigenvalue weighted by atomic mass is 35.5. The van der Waals surface area contributed by atoms with Crippen molar-refractivity contribution in [2.24, 2.45) is 5.41 Å². The van der Waals surface area contributed by atoms with Crippen LogP contribution in [0.1, 0.15) is 57.8 Å². The van der Waals surface area contributed by atoms with Crippen LogP contribution in [-0.4, -0.2) is 65.8 Å². The summed E-state index contributed by atoms with van der Waals surface area (Å²) in [6, 6.07) is 2.35. The van der Waals surface area contributed by atoms with Crippen molar-refractivity contribution in [3.63, 3.8) is 0 Å². The van der Waals surface area contributed by atoms with Gasteiger partial charge in [-0.2, -0.15) is 0 Å². The smallest absolute Gasteiger partial charge is 0.230 e. The molecule has 0 bridgehead atoms. The number of piperidine rings is 1. The van der Waals surface area contributed by atoms with E-state index in [-0.39, 0.29) is 11.5 Å². The number of aliphatic hydroxyl groups excluding tert-OH is 1. The third-order valence-corrected chi connectivity index (χ3v) is 8.09. The second-order valence-electron chi connectivity index (χ2n) is 9.71. The van der Waals surface area contributed by atoms with Gasteiger partial charge in [0.1, 0.15) is 5.82 Å². The summed E-state index contributed by atoms with van der Waals surface area (Å²) in [5.41, 5.74) is 0.808. The second kappa shape index (κ2) is 8.19. The zero-order valence-electron chi connectivity index (χ0n) is 17.7. The van der Waals surface area contributed by atoms with Crippen LogP contribution >= 0.6 is 11.6 Å². The SMILES string of the molecule is O=C1N([C@H]2CC[C@H](O)CC2)CCC12CCCN(c1ncc(N3CCCC3)cc1Cl)C2. The zero-order valence-corrected chi connectivity index (χ0v) is 18.5. The molecule has 3 aliphatic heterocycles. The molecule has 30 heavy (non-hydrogen) atoms. The lowest BCUT2D eigenvalue weighted by molar-refractivity contribution is -0.139. The molecule has 0 radical (unpaired) electrons. The zero-order chi connectivity index (χ0) is 20.7. The van der Waals surface area contributed by atoms with Crippen LogP contribution in [0, 0.1) is 5.41 Å². The van der Waals surface area contributed by atoms with Crippen molar-refractivity contribution < 1.29 is 9.90 Å². The summed E-state index contributed by atoms with van der Waals surface area (Å²) < 4.78 is 0. The molecule has 1 N–H and O–H groups in total. The maximum Gasteiger partial charge on any atom is 0.230 e. The van der Waals surface area contributed by atoms with Crippen molar-refractivity contribution in [3.8, 4) is 0 Å². The van der Waals surface area contributed by atoms with E-state index >= 15 is 0 Å². The van der Waals surface area contributed by atoms with Crippen LogP contribution in [0.25, 0.3) is 0 Å². The van der Waals surface area contributed by atoms with E-state index in [9.17, 15) is 9.90 Å². The van der Waals surface area contributed by atoms with Crippen molar-refractivity contribution in [2.45, 2.75) is 69.9 Å². The van der Waals surface area contributed by atoms with E-state index in [1.54, 1.807) is 0 Å². The number of anilines is 2. The number of nitrogens with zero attached hydrogens (tertiary/aromatic N) is 4. The fraction of sp³-hybridized carbons (Fsp3) is 0.739. The number of pyridine rings is 1. The van der Waals surface area contributed by atoms with E-state index in [0.29, 0.717) is 23.5 Å². The van der Waals surface area contributed by atoms with Crippen LogP contribution < -0.4 is 9.80 Å². The van der Waals surface area contributed by atoms with E-state index in [4.69, 9.17) is 16.6 Å². The number of halogens is 1. The van der Waals surface area contributed by atoms with E-state index < -0.39 is 0 Å². The Morgan fingerprint density at radius 1 is 1.00 bits per heavy atom. The van der Waals surface area contributed by atoms with Gasteiger partial charge in [-0.25, -0.2) is 4.98 Å². The average Bonchev–Trinajstić information content (AvgIpc) is 3.39. The number of hydrogen-bond donors (Lipinski definition) is 1. The molecule has 1 aliphatic carbocycles. The van der Waals surface area contributed by atoms with Crippen LogP contribution in [-0.2, 0) is 4.79 Å². The van der Waals surface area contributed by atoms with E-state index in [1.165, 1.54) is 12.8 Å². The normalized spacial score (nSPS) is 32.5. The van der Waals surface area contributed by atoms with Crippen LogP contribution in [0.15, 0.2) is 12.3 Å². The van der Waals surface area contributed by atoms with Crippen LogP contribution in [0.5, 0.6) is 0 Å². The molecule has 0 aromatic carbocycles. The first kappa shape index (κ1) is 20.4. The molecular formula is C23H33ClN4O2. The number of hydrogen-bond acceptors (Lipinski definition) is 5. The van der Waals surface area contributed by atoms with Crippen molar-refractivity contribution in [3.05, 3.63) is 17.3 Å². The minimum atomic E-state index is -0.299. The topological polar surface area (TPSA) is 59.9 Å². The Morgan fingerprint density at radius 3 is 2.47 bits per heavy atom. The molecule has 1 spiro atoms. The van der Waals surface area contributed by atoms with Gasteiger partial charge in [0, 0.05) is 38.8 Å². The highest BCUT2D eigenvalue weighted by Gasteiger charge is 2.51. The number of rotatable bonds is 3. The lowest BCUT2D eigenvalue weighted by Crippen LogP contribution is -2.50. The van der Waals surface area contributed by atoms with Gasteiger partial charge in [-0.15, -0.1) is 0 Å². The number of aliphatic hydroxyl groups is 1. The van der Waals surface area contributed by atoms with Gasteiger partial charge in [0.05, 0.1) is 28.4 Å². The van der Waals surface area contributed by atoms with Crippen molar-refractivity contribution in [1.29, 1.82) is 0 Å². The maximum absolute atomic E-state index is 13.5. The Kier molecular flexibility index (Phi) is 5.56. The molecular weight excluding hydrogens is 400 g/mol. The molecule has 1 amide bonds. The lowest BCUT2D eigenvalue weighted by atomic mass is 9.78. The Bertz CT molecular complexity index is 791. The van der Waals surface area contributed by atoms with Gasteiger partial charge in [-0.3, -0.25) is 4.79 Å². The van der Waals surface area contributed by atoms with E-state index in [2.05, 4.69) is 14.7 Å². The number of likely N-dealkylation sites (tertiary alicyclic amines) is 1. The molecule has 6 nitrogen and oxygen atoms in total. The summed E-state index contributed by atoms with van der Waals surface area (Å²) in [5.74, 6) is 1.14. The average molecular weight is 433 g/mol. The third-order valence-electron chi connectivity index (χ3n) is 7.81. The first-order chi connectivity index (χ1) is 14.6. The molecule has 164 valence electrons. The Hall–Kier alpha value is -1.53. The van der Waals surface area contributed by atoms with Crippen molar-refractivity contribution >= 4 is 29.0 Å². The Balaban J connectivity index is 1.30. The summed E-state index contributed by atoms with van der Waals surface area (Å²) in [6.07, 6.45) is 10.6. The monoisotopic (exact) mass is 432 g/mol. The first-order valence-corrected chi connectivity index (χ1v) is 12.1. The molecule has 1 aromatic rings. The summed E-state index contributed by atoms with van der Waals surface area (Å²) in [5, 5.41) is 10.5. The van der Waals surface area contributed by atoms with E-state index in [0.717, 1.165) is 82.6 Å². The molecule has 4 fully saturated rings. The molecule has 1 aromatic heterocycles. The Labute approximate surface area is 184 Å². The van der Waals surface area contributed by atoms with Gasteiger partial charge >= 0.3 is 0 Å². The maximum atomic E-state index is 13.5. The molecule has 1 saturated carbocycles. The number of carbonyl (C=O) groups is 1. The molecule has 1 atom stereocenters. The fourth-order valence-corrected chi connectivity index (χ4v) is 6.34. The first-order valence-electron chi connectivity index (χ1n) is 11.7. The summed E-state index contributed by atoms with van der Waals surface area (Å²) in [7, 11) is 0. The van der Waals surface area contributed by atoms with Crippen molar-refractivity contribution in [1.82, 2.24) is 9.88 Å². The fourth-order valence-electron chi connectivity index (χ4n) is 6.06. The van der Waals surface area contributed by atoms with Gasteiger partial charge in [-0.05, 0) is 63.9 Å². The molecule has 1 unspecified atom stereocenters. The Morgan fingerprint density at radius 2 is 1.73 bits per heavy atom. The molecule has 4 aliphatic rings. The van der Waals surface area contributed by atoms with E-state index in [1.807, 2.05) is 12.3 Å². The van der Waals surface area contributed by atoms with Crippen molar-refractivity contribution in [2.75, 3.05) is 42.5 Å². The van der Waals surface area contributed by atoms with Gasteiger partial charge in [0.2, 0.25) is 5.91 Å². The van der Waals surface area contributed by atoms with Gasteiger partial charge in [0.25, 0.3) is 0 Å². The van der Waals surface area contributed by atoms with Gasteiger partial charge in [-0.1, -0.05) is 11.6 Å². The van der Waals surface area contributed by atoms with Gasteiger partial charge in [0.15, 0.2) is 0 Å². The largest absolute Gasteiger partial charge is 0.393 e. The summed E-state index contributed by atoms with van der Waals surface area (Å²) in [6.45, 7) is 4.62.